The number of likely N-dealkylation sites (tertiary alicyclic amines) is 1. The number of rotatable bonds is 5. The molecule has 2 unspecified atom stereocenters. The van der Waals surface area contributed by atoms with Crippen LogP contribution in [0.25, 0.3) is 11.0 Å². The molecule has 2 atom stereocenters. The number of anilines is 1. The lowest BCUT2D eigenvalue weighted by Gasteiger charge is -2.38. The van der Waals surface area contributed by atoms with Crippen LogP contribution >= 0.6 is 0 Å². The molecule has 0 bridgehead atoms. The highest BCUT2D eigenvalue weighted by molar-refractivity contribution is 5.94. The zero-order valence-electron chi connectivity index (χ0n) is 21.2. The maximum absolute atomic E-state index is 13.2. The lowest BCUT2D eigenvalue weighted by molar-refractivity contribution is -0.139. The zero-order valence-corrected chi connectivity index (χ0v) is 21.2. The molecule has 2 fully saturated rings. The highest BCUT2D eigenvalue weighted by atomic mass is 16.5. The number of para-hydroxylation sites is 2. The summed E-state index contributed by atoms with van der Waals surface area (Å²) in [4.78, 5) is 40.1. The minimum absolute atomic E-state index is 0.0139. The Morgan fingerprint density at radius 1 is 0.944 bits per heavy atom. The molecule has 2 aromatic carbocycles. The van der Waals surface area contributed by atoms with Gasteiger partial charge in [0.05, 0.1) is 11.0 Å². The van der Waals surface area contributed by atoms with E-state index >= 15 is 0 Å². The summed E-state index contributed by atoms with van der Waals surface area (Å²) in [6.45, 7) is 7.13. The molecule has 3 aromatic rings. The van der Waals surface area contributed by atoms with E-state index in [1.54, 1.807) is 24.3 Å². The number of nitrogens with one attached hydrogen (secondary N) is 1. The van der Waals surface area contributed by atoms with Crippen LogP contribution in [0.2, 0.25) is 0 Å². The second-order valence-electron chi connectivity index (χ2n) is 9.95. The molecule has 0 saturated carbocycles. The first-order valence-electron chi connectivity index (χ1n) is 13.0. The number of fused-ring (bicyclic) bond motifs is 1. The van der Waals surface area contributed by atoms with Gasteiger partial charge in [0.1, 0.15) is 5.75 Å². The van der Waals surface area contributed by atoms with Gasteiger partial charge < -0.3 is 24.4 Å². The minimum atomic E-state index is 0.0139. The van der Waals surface area contributed by atoms with Crippen molar-refractivity contribution in [3.8, 4) is 5.75 Å². The number of H-pyrrole nitrogens is 1. The van der Waals surface area contributed by atoms with Crippen LogP contribution in [0, 0.1) is 0 Å². The van der Waals surface area contributed by atoms with Crippen molar-refractivity contribution in [2.24, 2.45) is 0 Å². The van der Waals surface area contributed by atoms with Crippen LogP contribution in [0.15, 0.2) is 48.5 Å². The number of amides is 2. The standard InChI is InChI=1S/C28H35N5O3/c1-20-7-5-8-21(2)33(20)26(34)19-36-23-13-11-22(12-14-23)27(35)31-15-6-16-32(18-17-31)28-29-24-9-3-4-10-25(24)30-28/h3-4,9-14,20-21H,5-8,15-19H2,1-2H3,(H,29,30). The number of carbonyl (C=O) groups excluding carboxylic acids is 2. The first kappa shape index (κ1) is 24.2. The summed E-state index contributed by atoms with van der Waals surface area (Å²) in [6.07, 6.45) is 4.12. The molecule has 2 aliphatic rings. The first-order chi connectivity index (χ1) is 17.5. The maximum Gasteiger partial charge on any atom is 0.260 e. The Morgan fingerprint density at radius 3 is 2.44 bits per heavy atom. The Labute approximate surface area is 212 Å². The number of carbonyl (C=O) groups is 2. The molecular formula is C28H35N5O3. The van der Waals surface area contributed by atoms with E-state index in [-0.39, 0.29) is 30.5 Å². The molecule has 0 radical (unpaired) electrons. The molecule has 1 N–H and O–H groups in total. The van der Waals surface area contributed by atoms with E-state index in [2.05, 4.69) is 23.7 Å². The maximum atomic E-state index is 13.2. The fraction of sp³-hybridized carbons (Fsp3) is 0.464. The number of ether oxygens (including phenoxy) is 1. The van der Waals surface area contributed by atoms with E-state index in [1.165, 1.54) is 0 Å². The van der Waals surface area contributed by atoms with Crippen LogP contribution in [-0.2, 0) is 4.79 Å². The molecule has 8 heteroatoms. The van der Waals surface area contributed by atoms with Crippen molar-refractivity contribution in [2.75, 3.05) is 37.7 Å². The summed E-state index contributed by atoms with van der Waals surface area (Å²) in [5.41, 5.74) is 2.60. The van der Waals surface area contributed by atoms with Gasteiger partial charge in [0.15, 0.2) is 6.61 Å². The van der Waals surface area contributed by atoms with Gasteiger partial charge in [-0.3, -0.25) is 9.59 Å². The molecule has 8 nitrogen and oxygen atoms in total. The summed E-state index contributed by atoms with van der Waals surface area (Å²) >= 11 is 0. The van der Waals surface area contributed by atoms with E-state index in [4.69, 9.17) is 9.72 Å². The van der Waals surface area contributed by atoms with Gasteiger partial charge in [-0.1, -0.05) is 12.1 Å². The summed E-state index contributed by atoms with van der Waals surface area (Å²) in [7, 11) is 0. The third-order valence-corrected chi connectivity index (χ3v) is 7.40. The second kappa shape index (κ2) is 10.6. The van der Waals surface area contributed by atoms with Gasteiger partial charge in [0, 0.05) is 43.8 Å². The normalized spacial score (nSPS) is 20.9. The molecule has 3 heterocycles. The topological polar surface area (TPSA) is 81.8 Å². The zero-order chi connectivity index (χ0) is 25.1. The smallest absolute Gasteiger partial charge is 0.260 e. The van der Waals surface area contributed by atoms with Crippen molar-refractivity contribution in [3.05, 3.63) is 54.1 Å². The number of hydrogen-bond acceptors (Lipinski definition) is 5. The average Bonchev–Trinajstić information content (AvgIpc) is 3.17. The Hall–Kier alpha value is -3.55. The van der Waals surface area contributed by atoms with Gasteiger partial charge in [0.2, 0.25) is 5.95 Å². The predicted octanol–water partition coefficient (Wildman–Crippen LogP) is 4.08. The Kier molecular flexibility index (Phi) is 7.11. The predicted molar refractivity (Wildman–Crippen MR) is 140 cm³/mol. The molecule has 0 spiro atoms. The number of piperidine rings is 1. The fourth-order valence-corrected chi connectivity index (χ4v) is 5.43. The SMILES string of the molecule is CC1CCCC(C)N1C(=O)COc1ccc(C(=O)N2CCCN(c3nc4ccccc4[nH]3)CC2)cc1. The summed E-state index contributed by atoms with van der Waals surface area (Å²) in [5.74, 6) is 1.49. The monoisotopic (exact) mass is 489 g/mol. The van der Waals surface area contributed by atoms with Gasteiger partial charge in [-0.05, 0) is 75.9 Å². The average molecular weight is 490 g/mol. The van der Waals surface area contributed by atoms with Crippen molar-refractivity contribution in [1.82, 2.24) is 19.8 Å². The van der Waals surface area contributed by atoms with Gasteiger partial charge >= 0.3 is 0 Å². The molecule has 36 heavy (non-hydrogen) atoms. The van der Waals surface area contributed by atoms with Gasteiger partial charge in [0.25, 0.3) is 11.8 Å². The van der Waals surface area contributed by atoms with Crippen LogP contribution < -0.4 is 9.64 Å². The van der Waals surface area contributed by atoms with Gasteiger partial charge in [-0.25, -0.2) is 4.98 Å². The Bertz CT molecular complexity index is 1160. The van der Waals surface area contributed by atoms with Crippen LogP contribution in [0.4, 0.5) is 5.95 Å². The largest absolute Gasteiger partial charge is 0.484 e. The lowest BCUT2D eigenvalue weighted by Crippen LogP contribution is -2.49. The first-order valence-corrected chi connectivity index (χ1v) is 13.0. The Balaban J connectivity index is 1.15. The van der Waals surface area contributed by atoms with Crippen molar-refractivity contribution >= 4 is 28.8 Å². The number of hydrogen-bond donors (Lipinski definition) is 1. The molecule has 2 saturated heterocycles. The molecule has 190 valence electrons. The molecular weight excluding hydrogens is 454 g/mol. The molecule has 5 rings (SSSR count). The van der Waals surface area contributed by atoms with Gasteiger partial charge in [-0.2, -0.15) is 0 Å². The van der Waals surface area contributed by atoms with E-state index < -0.39 is 0 Å². The van der Waals surface area contributed by atoms with Crippen molar-refractivity contribution in [2.45, 2.75) is 51.6 Å². The number of benzene rings is 2. The highest BCUT2D eigenvalue weighted by Gasteiger charge is 2.29. The van der Waals surface area contributed by atoms with Crippen molar-refractivity contribution < 1.29 is 14.3 Å². The number of aromatic nitrogens is 2. The Morgan fingerprint density at radius 2 is 1.69 bits per heavy atom. The fourth-order valence-electron chi connectivity index (χ4n) is 5.43. The third-order valence-electron chi connectivity index (χ3n) is 7.40. The van der Waals surface area contributed by atoms with Crippen LogP contribution in [0.5, 0.6) is 5.75 Å². The van der Waals surface area contributed by atoms with Gasteiger partial charge in [-0.15, -0.1) is 0 Å². The highest BCUT2D eigenvalue weighted by Crippen LogP contribution is 2.23. The number of aromatic amines is 1. The van der Waals surface area contributed by atoms with Crippen molar-refractivity contribution in [1.29, 1.82) is 0 Å². The lowest BCUT2D eigenvalue weighted by atomic mass is 9.97. The summed E-state index contributed by atoms with van der Waals surface area (Å²) in [5, 5.41) is 0. The van der Waals surface area contributed by atoms with E-state index in [1.807, 2.05) is 34.1 Å². The minimum Gasteiger partial charge on any atom is -0.484 e. The molecule has 2 aliphatic heterocycles. The van der Waals surface area contributed by atoms with Crippen LogP contribution in [0.3, 0.4) is 0 Å². The summed E-state index contributed by atoms with van der Waals surface area (Å²) < 4.78 is 5.77. The van der Waals surface area contributed by atoms with Crippen molar-refractivity contribution in [3.63, 3.8) is 0 Å². The van der Waals surface area contributed by atoms with Crippen LogP contribution in [0.1, 0.15) is 49.9 Å². The summed E-state index contributed by atoms with van der Waals surface area (Å²) in [6, 6.07) is 15.6. The quantitative estimate of drug-likeness (QED) is 0.584. The van der Waals surface area contributed by atoms with Crippen LogP contribution in [-0.4, -0.2) is 76.5 Å². The number of imidazole rings is 1. The molecule has 0 aliphatic carbocycles. The molecule has 1 aromatic heterocycles. The van der Waals surface area contributed by atoms with E-state index in [0.29, 0.717) is 24.4 Å². The molecule has 2 amide bonds. The third kappa shape index (κ3) is 5.17. The van der Waals surface area contributed by atoms with E-state index in [9.17, 15) is 9.59 Å². The number of nitrogens with zero attached hydrogens (tertiary/aromatic N) is 4. The van der Waals surface area contributed by atoms with E-state index in [0.717, 1.165) is 55.8 Å². The second-order valence-corrected chi connectivity index (χ2v) is 9.95.